The van der Waals surface area contributed by atoms with E-state index >= 15 is 0 Å². The number of rotatable bonds is 4. The van der Waals surface area contributed by atoms with Gasteiger partial charge in [-0.3, -0.25) is 0 Å². The van der Waals surface area contributed by atoms with Gasteiger partial charge in [0.05, 0.1) is 16.3 Å². The Morgan fingerprint density at radius 3 is 2.19 bits per heavy atom. The molecule has 1 aromatic heterocycles. The van der Waals surface area contributed by atoms with Crippen LogP contribution in [0, 0.1) is 0 Å². The average Bonchev–Trinajstić information content (AvgIpc) is 3.19. The highest BCUT2D eigenvalue weighted by Gasteiger charge is 2.30. The number of allylic oxidation sites excluding steroid dienone is 1. The molecular weight excluding hydrogens is 336 g/mol. The fourth-order valence-electron chi connectivity index (χ4n) is 3.79. The van der Waals surface area contributed by atoms with Crippen molar-refractivity contribution in [2.45, 2.75) is 17.0 Å². The highest BCUT2D eigenvalue weighted by Crippen LogP contribution is 2.52. The molecule has 0 bridgehead atoms. The van der Waals surface area contributed by atoms with Crippen molar-refractivity contribution in [2.75, 3.05) is 0 Å². The summed E-state index contributed by atoms with van der Waals surface area (Å²) in [5.74, 6) is 0. The van der Waals surface area contributed by atoms with Gasteiger partial charge in [0.25, 0.3) is 0 Å². The summed E-state index contributed by atoms with van der Waals surface area (Å²) >= 11 is 1.83. The second kappa shape index (κ2) is 6.19. The third kappa shape index (κ3) is 2.31. The van der Waals surface area contributed by atoms with Crippen LogP contribution in [-0.2, 0) is 6.54 Å². The number of nitrogens with zero attached hydrogens (tertiary/aromatic N) is 2. The molecule has 0 fully saturated rings. The first-order valence-corrected chi connectivity index (χ1v) is 9.66. The van der Waals surface area contributed by atoms with Gasteiger partial charge >= 0.3 is 0 Å². The summed E-state index contributed by atoms with van der Waals surface area (Å²) in [6.45, 7) is 4.69. The first-order valence-electron chi connectivity index (χ1n) is 8.78. The second-order valence-corrected chi connectivity index (χ2v) is 7.53. The van der Waals surface area contributed by atoms with Crippen LogP contribution in [0.4, 0.5) is 0 Å². The SMILES string of the molecule is C=CCn1c(SC2c3ccccc3-c3ccccc32)nc2ccccc21. The van der Waals surface area contributed by atoms with E-state index in [4.69, 9.17) is 4.98 Å². The summed E-state index contributed by atoms with van der Waals surface area (Å²) in [5.41, 5.74) is 7.62. The Bertz CT molecular complexity index is 1080. The molecule has 5 rings (SSSR count). The van der Waals surface area contributed by atoms with Crippen molar-refractivity contribution < 1.29 is 0 Å². The van der Waals surface area contributed by atoms with Crippen molar-refractivity contribution in [1.29, 1.82) is 0 Å². The Hall–Kier alpha value is -2.78. The number of fused-ring (bicyclic) bond motifs is 4. The third-order valence-electron chi connectivity index (χ3n) is 4.93. The highest BCUT2D eigenvalue weighted by molar-refractivity contribution is 7.99. The highest BCUT2D eigenvalue weighted by atomic mass is 32.2. The van der Waals surface area contributed by atoms with Crippen LogP contribution in [0.5, 0.6) is 0 Å². The summed E-state index contributed by atoms with van der Waals surface area (Å²) in [7, 11) is 0. The van der Waals surface area contributed by atoms with Crippen molar-refractivity contribution >= 4 is 22.8 Å². The molecule has 0 amide bonds. The number of para-hydroxylation sites is 2. The second-order valence-electron chi connectivity index (χ2n) is 6.45. The maximum atomic E-state index is 4.92. The van der Waals surface area contributed by atoms with Gasteiger partial charge in [0.1, 0.15) is 0 Å². The van der Waals surface area contributed by atoms with Crippen LogP contribution in [0.2, 0.25) is 0 Å². The Labute approximate surface area is 157 Å². The molecule has 1 heterocycles. The lowest BCUT2D eigenvalue weighted by Gasteiger charge is -2.14. The third-order valence-corrected chi connectivity index (χ3v) is 6.20. The van der Waals surface area contributed by atoms with Crippen molar-refractivity contribution in [1.82, 2.24) is 9.55 Å². The van der Waals surface area contributed by atoms with E-state index in [1.807, 2.05) is 23.9 Å². The molecule has 126 valence electrons. The first-order chi connectivity index (χ1) is 12.9. The van der Waals surface area contributed by atoms with Gasteiger partial charge in [0, 0.05) is 6.54 Å². The van der Waals surface area contributed by atoms with Crippen molar-refractivity contribution in [2.24, 2.45) is 0 Å². The van der Waals surface area contributed by atoms with Crippen LogP contribution < -0.4 is 0 Å². The molecule has 3 heteroatoms. The number of hydrogen-bond donors (Lipinski definition) is 0. The molecular formula is C23H18N2S. The lowest BCUT2D eigenvalue weighted by Crippen LogP contribution is -2.00. The maximum absolute atomic E-state index is 4.92. The standard InChI is InChI=1S/C23H18N2S/c1-2-15-25-21-14-8-7-13-20(21)24-23(25)26-22-18-11-5-3-9-16(18)17-10-4-6-12-19(17)22/h2-14,22H,1,15H2. The first kappa shape index (κ1) is 15.5. The minimum absolute atomic E-state index is 0.266. The molecule has 0 N–H and O–H groups in total. The van der Waals surface area contributed by atoms with Crippen LogP contribution in [0.15, 0.2) is 90.6 Å². The molecule has 1 aliphatic rings. The topological polar surface area (TPSA) is 17.8 Å². The van der Waals surface area contributed by atoms with Crippen LogP contribution in [-0.4, -0.2) is 9.55 Å². The van der Waals surface area contributed by atoms with E-state index in [1.165, 1.54) is 22.3 Å². The van der Waals surface area contributed by atoms with E-state index in [0.717, 1.165) is 22.7 Å². The number of imidazole rings is 1. The molecule has 4 aromatic rings. The molecule has 0 radical (unpaired) electrons. The molecule has 3 aromatic carbocycles. The summed E-state index contributed by atoms with van der Waals surface area (Å²) < 4.78 is 2.26. The lowest BCUT2D eigenvalue weighted by atomic mass is 10.1. The number of hydrogen-bond acceptors (Lipinski definition) is 2. The van der Waals surface area contributed by atoms with E-state index in [2.05, 4.69) is 77.9 Å². The van der Waals surface area contributed by atoms with Gasteiger partial charge in [-0.05, 0) is 34.4 Å². The fraction of sp³-hybridized carbons (Fsp3) is 0.0870. The van der Waals surface area contributed by atoms with Crippen LogP contribution >= 0.6 is 11.8 Å². The minimum Gasteiger partial charge on any atom is -0.315 e. The van der Waals surface area contributed by atoms with E-state index in [-0.39, 0.29) is 5.25 Å². The predicted molar refractivity (Wildman–Crippen MR) is 110 cm³/mol. The van der Waals surface area contributed by atoms with Gasteiger partial charge in [-0.25, -0.2) is 4.98 Å². The predicted octanol–water partition coefficient (Wildman–Crippen LogP) is 6.08. The van der Waals surface area contributed by atoms with Gasteiger partial charge < -0.3 is 4.57 Å². The molecule has 1 aliphatic carbocycles. The van der Waals surface area contributed by atoms with Crippen LogP contribution in [0.3, 0.4) is 0 Å². The van der Waals surface area contributed by atoms with E-state index in [1.54, 1.807) is 0 Å². The van der Waals surface area contributed by atoms with Crippen LogP contribution in [0.25, 0.3) is 22.2 Å². The van der Waals surface area contributed by atoms with E-state index in [0.29, 0.717) is 0 Å². The number of benzene rings is 3. The van der Waals surface area contributed by atoms with Gasteiger partial charge in [0.15, 0.2) is 5.16 Å². The molecule has 0 spiro atoms. The molecule has 0 saturated heterocycles. The fourth-order valence-corrected chi connectivity index (χ4v) is 5.12. The molecule has 26 heavy (non-hydrogen) atoms. The Morgan fingerprint density at radius 2 is 1.50 bits per heavy atom. The molecule has 2 nitrogen and oxygen atoms in total. The normalized spacial score (nSPS) is 12.9. The zero-order valence-electron chi connectivity index (χ0n) is 14.3. The number of thioether (sulfide) groups is 1. The lowest BCUT2D eigenvalue weighted by molar-refractivity contribution is 0.747. The molecule has 0 atom stereocenters. The quantitative estimate of drug-likeness (QED) is 0.413. The zero-order valence-corrected chi connectivity index (χ0v) is 15.1. The minimum atomic E-state index is 0.266. The maximum Gasteiger partial charge on any atom is 0.170 e. The summed E-state index contributed by atoms with van der Waals surface area (Å²) in [6.07, 6.45) is 1.94. The van der Waals surface area contributed by atoms with Crippen molar-refractivity contribution in [3.05, 3.63) is 96.6 Å². The summed E-state index contributed by atoms with van der Waals surface area (Å²) in [4.78, 5) is 4.92. The zero-order chi connectivity index (χ0) is 17.5. The van der Waals surface area contributed by atoms with Crippen LogP contribution in [0.1, 0.15) is 16.4 Å². The molecule has 0 unspecified atom stereocenters. The smallest absolute Gasteiger partial charge is 0.170 e. The largest absolute Gasteiger partial charge is 0.315 e. The van der Waals surface area contributed by atoms with Crippen molar-refractivity contribution in [3.8, 4) is 11.1 Å². The Morgan fingerprint density at radius 1 is 0.885 bits per heavy atom. The monoisotopic (exact) mass is 354 g/mol. The van der Waals surface area contributed by atoms with Gasteiger partial charge in [0.2, 0.25) is 0 Å². The Kier molecular flexibility index (Phi) is 3.68. The summed E-state index contributed by atoms with van der Waals surface area (Å²) in [6, 6.07) is 25.8. The van der Waals surface area contributed by atoms with Crippen molar-refractivity contribution in [3.63, 3.8) is 0 Å². The van der Waals surface area contributed by atoms with E-state index < -0.39 is 0 Å². The number of aromatic nitrogens is 2. The molecule has 0 aliphatic heterocycles. The van der Waals surface area contributed by atoms with Gasteiger partial charge in [-0.15, -0.1) is 6.58 Å². The molecule has 0 saturated carbocycles. The Balaban J connectivity index is 1.65. The summed E-state index contributed by atoms with van der Waals surface area (Å²) in [5, 5.41) is 1.31. The van der Waals surface area contributed by atoms with Gasteiger partial charge in [-0.1, -0.05) is 78.5 Å². The van der Waals surface area contributed by atoms with Gasteiger partial charge in [-0.2, -0.15) is 0 Å². The average molecular weight is 354 g/mol. The van der Waals surface area contributed by atoms with E-state index in [9.17, 15) is 0 Å².